The van der Waals surface area contributed by atoms with Crippen molar-refractivity contribution in [3.8, 4) is 0 Å². The Bertz CT molecular complexity index is 555. The molecule has 1 atom stereocenters. The number of halogens is 2. The number of hydrogen-bond donors (Lipinski definition) is 2. The smallest absolute Gasteiger partial charge is 0.124 e. The lowest BCUT2D eigenvalue weighted by molar-refractivity contribution is 0.504. The van der Waals surface area contributed by atoms with Crippen molar-refractivity contribution in [2.75, 3.05) is 0 Å². The second kappa shape index (κ2) is 6.14. The molecule has 1 unspecified atom stereocenters. The number of aryl methyl sites for hydroxylation is 1. The summed E-state index contributed by atoms with van der Waals surface area (Å²) in [7, 11) is 1.93. The molecule has 2 aromatic rings. The van der Waals surface area contributed by atoms with Gasteiger partial charge in [-0.3, -0.25) is 11.3 Å². The molecule has 0 radical (unpaired) electrons. The van der Waals surface area contributed by atoms with Crippen molar-refractivity contribution in [3.05, 3.63) is 52.8 Å². The van der Waals surface area contributed by atoms with Crippen LogP contribution >= 0.6 is 11.6 Å². The zero-order valence-electron chi connectivity index (χ0n) is 10.6. The van der Waals surface area contributed by atoms with Crippen LogP contribution in [0.4, 0.5) is 4.39 Å². The summed E-state index contributed by atoms with van der Waals surface area (Å²) in [6.07, 6.45) is 4.91. The summed E-state index contributed by atoms with van der Waals surface area (Å²) in [6.45, 7) is 0. The number of benzene rings is 1. The van der Waals surface area contributed by atoms with Crippen LogP contribution in [0, 0.1) is 5.82 Å². The van der Waals surface area contributed by atoms with E-state index in [1.807, 2.05) is 17.8 Å². The Balaban J connectivity index is 2.09. The fraction of sp³-hybridized carbons (Fsp3) is 0.308. The van der Waals surface area contributed by atoms with Crippen molar-refractivity contribution in [2.45, 2.75) is 18.9 Å². The molecule has 0 amide bonds. The van der Waals surface area contributed by atoms with Crippen molar-refractivity contribution in [1.82, 2.24) is 15.0 Å². The van der Waals surface area contributed by atoms with E-state index < -0.39 is 0 Å². The molecule has 19 heavy (non-hydrogen) atoms. The molecule has 2 rings (SSSR count). The SMILES string of the molecule is Cn1ccnc1CC(Cc1ccc(F)cc1Cl)NN. The highest BCUT2D eigenvalue weighted by molar-refractivity contribution is 6.31. The van der Waals surface area contributed by atoms with Crippen LogP contribution < -0.4 is 11.3 Å². The third kappa shape index (κ3) is 3.53. The lowest BCUT2D eigenvalue weighted by Crippen LogP contribution is -2.39. The predicted octanol–water partition coefficient (Wildman–Crippen LogP) is 1.83. The Morgan fingerprint density at radius 1 is 1.47 bits per heavy atom. The molecule has 0 aliphatic rings. The highest BCUT2D eigenvalue weighted by atomic mass is 35.5. The third-order valence-corrected chi connectivity index (χ3v) is 3.42. The topological polar surface area (TPSA) is 55.9 Å². The average molecular weight is 283 g/mol. The van der Waals surface area contributed by atoms with Gasteiger partial charge in [0.05, 0.1) is 0 Å². The summed E-state index contributed by atoms with van der Waals surface area (Å²) in [5, 5.41) is 0.417. The fourth-order valence-electron chi connectivity index (χ4n) is 1.96. The molecule has 3 N–H and O–H groups in total. The number of nitrogens with zero attached hydrogens (tertiary/aromatic N) is 2. The van der Waals surface area contributed by atoms with E-state index in [1.54, 1.807) is 12.3 Å². The van der Waals surface area contributed by atoms with Crippen LogP contribution in [0.25, 0.3) is 0 Å². The van der Waals surface area contributed by atoms with E-state index in [1.165, 1.54) is 12.1 Å². The van der Waals surface area contributed by atoms with Crippen molar-refractivity contribution < 1.29 is 4.39 Å². The molecular formula is C13H16ClFN4. The Labute approximate surface area is 116 Å². The molecule has 0 aliphatic heterocycles. The van der Waals surface area contributed by atoms with Crippen LogP contribution in [0.2, 0.25) is 5.02 Å². The second-order valence-corrected chi connectivity index (χ2v) is 4.87. The van der Waals surface area contributed by atoms with E-state index in [2.05, 4.69) is 10.4 Å². The van der Waals surface area contributed by atoms with Gasteiger partial charge in [-0.1, -0.05) is 17.7 Å². The molecule has 0 aliphatic carbocycles. The van der Waals surface area contributed by atoms with Crippen LogP contribution in [-0.4, -0.2) is 15.6 Å². The monoisotopic (exact) mass is 282 g/mol. The highest BCUT2D eigenvalue weighted by Gasteiger charge is 2.13. The van der Waals surface area contributed by atoms with Gasteiger partial charge in [-0.05, 0) is 24.1 Å². The molecule has 0 bridgehead atoms. The number of rotatable bonds is 5. The average Bonchev–Trinajstić information content (AvgIpc) is 2.77. The maximum Gasteiger partial charge on any atom is 0.124 e. The van der Waals surface area contributed by atoms with Gasteiger partial charge in [0.15, 0.2) is 0 Å². The number of hydrogen-bond acceptors (Lipinski definition) is 3. The van der Waals surface area contributed by atoms with Crippen LogP contribution in [0.15, 0.2) is 30.6 Å². The van der Waals surface area contributed by atoms with Gasteiger partial charge in [0.2, 0.25) is 0 Å². The van der Waals surface area contributed by atoms with E-state index in [9.17, 15) is 4.39 Å². The van der Waals surface area contributed by atoms with Gasteiger partial charge in [-0.25, -0.2) is 9.37 Å². The molecular weight excluding hydrogens is 267 g/mol. The summed E-state index contributed by atoms with van der Waals surface area (Å²) in [5.41, 5.74) is 3.61. The minimum atomic E-state index is -0.338. The van der Waals surface area contributed by atoms with Crippen molar-refractivity contribution in [3.63, 3.8) is 0 Å². The molecule has 6 heteroatoms. The Kier molecular flexibility index (Phi) is 4.52. The first-order chi connectivity index (χ1) is 9.10. The Morgan fingerprint density at radius 2 is 2.26 bits per heavy atom. The maximum atomic E-state index is 13.0. The van der Waals surface area contributed by atoms with E-state index in [-0.39, 0.29) is 11.9 Å². The van der Waals surface area contributed by atoms with Crippen molar-refractivity contribution >= 4 is 11.6 Å². The van der Waals surface area contributed by atoms with Crippen LogP contribution in [-0.2, 0) is 19.9 Å². The fourth-order valence-corrected chi connectivity index (χ4v) is 2.20. The zero-order valence-corrected chi connectivity index (χ0v) is 11.4. The molecule has 1 heterocycles. The first-order valence-electron chi connectivity index (χ1n) is 5.96. The van der Waals surface area contributed by atoms with E-state index >= 15 is 0 Å². The molecule has 102 valence electrons. The Morgan fingerprint density at radius 3 is 2.84 bits per heavy atom. The first-order valence-corrected chi connectivity index (χ1v) is 6.34. The van der Waals surface area contributed by atoms with E-state index in [4.69, 9.17) is 17.4 Å². The van der Waals surface area contributed by atoms with Crippen molar-refractivity contribution in [2.24, 2.45) is 12.9 Å². The molecule has 0 saturated carbocycles. The predicted molar refractivity (Wildman–Crippen MR) is 73.1 cm³/mol. The van der Waals surface area contributed by atoms with Gasteiger partial charge in [-0.15, -0.1) is 0 Å². The highest BCUT2D eigenvalue weighted by Crippen LogP contribution is 2.19. The van der Waals surface area contributed by atoms with Gasteiger partial charge < -0.3 is 4.57 Å². The second-order valence-electron chi connectivity index (χ2n) is 4.46. The molecule has 1 aromatic carbocycles. The lowest BCUT2D eigenvalue weighted by Gasteiger charge is -2.16. The van der Waals surface area contributed by atoms with Gasteiger partial charge in [0, 0.05) is 36.9 Å². The Hall–Kier alpha value is -1.43. The molecule has 4 nitrogen and oxygen atoms in total. The van der Waals surface area contributed by atoms with Gasteiger partial charge in [0.25, 0.3) is 0 Å². The summed E-state index contributed by atoms with van der Waals surface area (Å²) in [6, 6.07) is 4.38. The molecule has 0 fully saturated rings. The summed E-state index contributed by atoms with van der Waals surface area (Å²) in [4.78, 5) is 4.26. The van der Waals surface area contributed by atoms with E-state index in [0.717, 1.165) is 11.4 Å². The van der Waals surface area contributed by atoms with Crippen LogP contribution in [0.1, 0.15) is 11.4 Å². The normalized spacial score (nSPS) is 12.6. The quantitative estimate of drug-likeness (QED) is 0.650. The summed E-state index contributed by atoms with van der Waals surface area (Å²) in [5.74, 6) is 6.16. The number of aromatic nitrogens is 2. The van der Waals surface area contributed by atoms with Crippen LogP contribution in [0.5, 0.6) is 0 Å². The standard InChI is InChI=1S/C13H16ClFN4/c1-19-5-4-17-13(19)8-11(18-16)6-9-2-3-10(15)7-12(9)14/h2-5,7,11,18H,6,8,16H2,1H3. The number of hydrazine groups is 1. The summed E-state index contributed by atoms with van der Waals surface area (Å²) < 4.78 is 14.9. The first kappa shape index (κ1) is 14.0. The largest absolute Gasteiger partial charge is 0.338 e. The van der Waals surface area contributed by atoms with Gasteiger partial charge in [0.1, 0.15) is 11.6 Å². The van der Waals surface area contributed by atoms with Gasteiger partial charge >= 0.3 is 0 Å². The number of imidazole rings is 1. The van der Waals surface area contributed by atoms with E-state index in [0.29, 0.717) is 17.9 Å². The molecule has 0 saturated heterocycles. The zero-order chi connectivity index (χ0) is 13.8. The summed E-state index contributed by atoms with van der Waals surface area (Å²) >= 11 is 6.01. The number of nitrogens with one attached hydrogen (secondary N) is 1. The van der Waals surface area contributed by atoms with Crippen molar-refractivity contribution in [1.29, 1.82) is 0 Å². The minimum Gasteiger partial charge on any atom is -0.338 e. The number of nitrogens with two attached hydrogens (primary N) is 1. The molecule has 1 aromatic heterocycles. The third-order valence-electron chi connectivity index (χ3n) is 3.07. The lowest BCUT2D eigenvalue weighted by atomic mass is 10.0. The minimum absolute atomic E-state index is 0.0101. The maximum absolute atomic E-state index is 13.0. The van der Waals surface area contributed by atoms with Gasteiger partial charge in [-0.2, -0.15) is 0 Å². The van der Waals surface area contributed by atoms with Crippen LogP contribution in [0.3, 0.4) is 0 Å². The molecule has 0 spiro atoms.